The smallest absolute Gasteiger partial charge is 0.177 e. The average molecular weight is 278 g/mol. The Morgan fingerprint density at radius 3 is 2.73 bits per heavy atom. The van der Waals surface area contributed by atoms with Gasteiger partial charge in [-0.3, -0.25) is 4.79 Å². The van der Waals surface area contributed by atoms with Crippen LogP contribution in [0.5, 0.6) is 0 Å². The Bertz CT molecular complexity index is 495. The summed E-state index contributed by atoms with van der Waals surface area (Å²) >= 11 is 9.66. The van der Waals surface area contributed by atoms with Crippen LogP contribution in [0.2, 0.25) is 5.15 Å². The molecule has 2 aromatic rings. The minimum Gasteiger partial charge on any atom is -0.297 e. The number of hydrogen-bond acceptors (Lipinski definition) is 7. The minimum absolute atomic E-state index is 0.249. The van der Waals surface area contributed by atoms with E-state index in [2.05, 4.69) is 14.3 Å². The number of halogens is 1. The molecule has 0 radical (unpaired) electrons. The second-order valence-electron chi connectivity index (χ2n) is 2.46. The Kier molecular flexibility index (Phi) is 3.35. The number of aromatic nitrogens is 3. The molecule has 0 atom stereocenters. The van der Waals surface area contributed by atoms with Crippen LogP contribution in [-0.4, -0.2) is 20.6 Å². The molecule has 0 aromatic carbocycles. The molecule has 0 aliphatic carbocycles. The van der Waals surface area contributed by atoms with Crippen LogP contribution < -0.4 is 0 Å². The Hall–Kier alpha value is -0.500. The highest BCUT2D eigenvalue weighted by molar-refractivity contribution is 8.02. The van der Waals surface area contributed by atoms with Crippen LogP contribution >= 0.6 is 46.2 Å². The summed E-state index contributed by atoms with van der Waals surface area (Å²) in [5.74, 6) is 0.737. The predicted molar refractivity (Wildman–Crippen MR) is 61.3 cm³/mol. The fraction of sp³-hybridized carbons (Fsp3) is 0.143. The fourth-order valence-corrected chi connectivity index (χ4v) is 3.87. The minimum atomic E-state index is 0.249. The zero-order valence-electron chi connectivity index (χ0n) is 7.43. The molecule has 0 spiro atoms. The van der Waals surface area contributed by atoms with Gasteiger partial charge in [0.2, 0.25) is 0 Å². The Labute approximate surface area is 103 Å². The van der Waals surface area contributed by atoms with E-state index in [9.17, 15) is 4.79 Å². The van der Waals surface area contributed by atoms with Crippen molar-refractivity contribution >= 4 is 52.5 Å². The summed E-state index contributed by atoms with van der Waals surface area (Å²) in [5, 5.41) is 0.249. The number of aldehydes is 1. The molecular formula is C7H4ClN3OS3. The maximum atomic E-state index is 10.5. The summed E-state index contributed by atoms with van der Waals surface area (Å²) in [6.45, 7) is 1.83. The topological polar surface area (TPSA) is 55.7 Å². The van der Waals surface area contributed by atoms with Crippen molar-refractivity contribution < 1.29 is 4.79 Å². The lowest BCUT2D eigenvalue weighted by Gasteiger charge is -1.86. The highest BCUT2D eigenvalue weighted by atomic mass is 35.5. The lowest BCUT2D eigenvalue weighted by molar-refractivity contribution is 0.112. The van der Waals surface area contributed by atoms with Crippen molar-refractivity contribution in [3.8, 4) is 0 Å². The van der Waals surface area contributed by atoms with Gasteiger partial charge in [-0.15, -0.1) is 11.3 Å². The SMILES string of the molecule is Cc1nsc(Sc2nc(Cl)c(C=O)s2)n1. The Morgan fingerprint density at radius 2 is 2.20 bits per heavy atom. The van der Waals surface area contributed by atoms with E-state index in [0.717, 1.165) is 10.2 Å². The highest BCUT2D eigenvalue weighted by Gasteiger charge is 2.11. The molecule has 0 fully saturated rings. The van der Waals surface area contributed by atoms with Crippen molar-refractivity contribution in [2.24, 2.45) is 0 Å². The Balaban J connectivity index is 2.20. The molecule has 2 rings (SSSR count). The van der Waals surface area contributed by atoms with E-state index >= 15 is 0 Å². The summed E-state index contributed by atoms with van der Waals surface area (Å²) in [5.41, 5.74) is 0. The lowest BCUT2D eigenvalue weighted by atomic mass is 10.6. The first-order chi connectivity index (χ1) is 7.19. The number of nitrogens with zero attached hydrogens (tertiary/aromatic N) is 3. The maximum absolute atomic E-state index is 10.5. The van der Waals surface area contributed by atoms with Crippen molar-refractivity contribution in [2.45, 2.75) is 15.6 Å². The Morgan fingerprint density at radius 1 is 1.40 bits per heavy atom. The molecular weight excluding hydrogens is 274 g/mol. The number of hydrogen-bond donors (Lipinski definition) is 0. The first-order valence-corrected chi connectivity index (χ1v) is 6.57. The summed E-state index contributed by atoms with van der Waals surface area (Å²) < 4.78 is 5.55. The molecule has 0 aliphatic heterocycles. The van der Waals surface area contributed by atoms with E-state index in [1.165, 1.54) is 34.6 Å². The molecule has 0 amide bonds. The zero-order chi connectivity index (χ0) is 10.8. The largest absolute Gasteiger partial charge is 0.297 e. The van der Waals surface area contributed by atoms with E-state index in [0.29, 0.717) is 15.5 Å². The van der Waals surface area contributed by atoms with E-state index < -0.39 is 0 Å². The molecule has 15 heavy (non-hydrogen) atoms. The normalized spacial score (nSPS) is 10.5. The van der Waals surface area contributed by atoms with Crippen molar-refractivity contribution in [1.29, 1.82) is 0 Å². The van der Waals surface area contributed by atoms with Crippen LogP contribution in [0.1, 0.15) is 15.5 Å². The van der Waals surface area contributed by atoms with Gasteiger partial charge in [0, 0.05) is 0 Å². The van der Waals surface area contributed by atoms with E-state index in [-0.39, 0.29) is 5.15 Å². The van der Waals surface area contributed by atoms with Crippen LogP contribution in [0.25, 0.3) is 0 Å². The molecule has 2 heterocycles. The molecule has 2 aromatic heterocycles. The van der Waals surface area contributed by atoms with E-state index in [1.54, 1.807) is 0 Å². The number of aryl methyl sites for hydroxylation is 1. The van der Waals surface area contributed by atoms with Crippen molar-refractivity contribution in [3.05, 3.63) is 15.9 Å². The van der Waals surface area contributed by atoms with Gasteiger partial charge in [0.25, 0.3) is 0 Å². The van der Waals surface area contributed by atoms with Crippen molar-refractivity contribution in [2.75, 3.05) is 0 Å². The number of carbonyl (C=O) groups is 1. The van der Waals surface area contributed by atoms with E-state index in [4.69, 9.17) is 11.6 Å². The predicted octanol–water partition coefficient (Wildman–Crippen LogP) is 2.92. The second kappa shape index (κ2) is 4.56. The third-order valence-electron chi connectivity index (χ3n) is 1.38. The molecule has 78 valence electrons. The maximum Gasteiger partial charge on any atom is 0.177 e. The summed E-state index contributed by atoms with van der Waals surface area (Å²) in [4.78, 5) is 19.2. The monoisotopic (exact) mass is 277 g/mol. The average Bonchev–Trinajstić information content (AvgIpc) is 2.73. The first-order valence-electron chi connectivity index (χ1n) is 3.78. The quantitative estimate of drug-likeness (QED) is 0.808. The van der Waals surface area contributed by atoms with Gasteiger partial charge in [-0.05, 0) is 30.2 Å². The molecule has 0 aliphatic rings. The van der Waals surface area contributed by atoms with Crippen LogP contribution in [0.3, 0.4) is 0 Å². The van der Waals surface area contributed by atoms with Gasteiger partial charge in [-0.25, -0.2) is 9.97 Å². The molecule has 0 saturated carbocycles. The molecule has 0 unspecified atom stereocenters. The highest BCUT2D eigenvalue weighted by Crippen LogP contribution is 2.34. The summed E-state index contributed by atoms with van der Waals surface area (Å²) in [6, 6.07) is 0. The van der Waals surface area contributed by atoms with Crippen LogP contribution in [0.4, 0.5) is 0 Å². The zero-order valence-corrected chi connectivity index (χ0v) is 10.6. The summed E-state index contributed by atoms with van der Waals surface area (Å²) in [7, 11) is 0. The summed E-state index contributed by atoms with van der Waals surface area (Å²) in [6.07, 6.45) is 0.704. The van der Waals surface area contributed by atoms with Crippen LogP contribution in [-0.2, 0) is 0 Å². The molecule has 4 nitrogen and oxygen atoms in total. The lowest BCUT2D eigenvalue weighted by Crippen LogP contribution is -1.73. The molecule has 0 saturated heterocycles. The van der Waals surface area contributed by atoms with Gasteiger partial charge >= 0.3 is 0 Å². The number of thiazole rings is 1. The fourth-order valence-electron chi connectivity index (χ4n) is 0.805. The molecule has 0 N–H and O–H groups in total. The first kappa shape index (κ1) is 11.0. The number of rotatable bonds is 3. The number of carbonyl (C=O) groups excluding carboxylic acids is 1. The van der Waals surface area contributed by atoms with Gasteiger partial charge in [0.05, 0.1) is 0 Å². The van der Waals surface area contributed by atoms with Crippen LogP contribution in [0, 0.1) is 6.92 Å². The van der Waals surface area contributed by atoms with Gasteiger partial charge < -0.3 is 0 Å². The second-order valence-corrected chi connectivity index (χ2v) is 6.10. The van der Waals surface area contributed by atoms with Gasteiger partial charge in [0.1, 0.15) is 10.7 Å². The van der Waals surface area contributed by atoms with Crippen LogP contribution in [0.15, 0.2) is 8.68 Å². The van der Waals surface area contributed by atoms with E-state index in [1.807, 2.05) is 6.92 Å². The van der Waals surface area contributed by atoms with Gasteiger partial charge in [0.15, 0.2) is 20.1 Å². The standard InChI is InChI=1S/C7H4ClN3OS3/c1-3-9-7(15-11-3)14-6-10-5(8)4(2-12)13-6/h2H,1H3. The van der Waals surface area contributed by atoms with Gasteiger partial charge in [-0.2, -0.15) is 4.37 Å². The third-order valence-corrected chi connectivity index (χ3v) is 4.66. The third kappa shape index (κ3) is 2.54. The van der Waals surface area contributed by atoms with Crippen molar-refractivity contribution in [3.63, 3.8) is 0 Å². The van der Waals surface area contributed by atoms with Crippen molar-refractivity contribution in [1.82, 2.24) is 14.3 Å². The molecule has 0 bridgehead atoms. The molecule has 8 heteroatoms. The van der Waals surface area contributed by atoms with Gasteiger partial charge in [-0.1, -0.05) is 11.6 Å².